The molecule has 0 aromatic heterocycles. The molecule has 1 unspecified atom stereocenters. The lowest BCUT2D eigenvalue weighted by atomic mass is 10.1. The molecular formula is C16H25NO. The van der Waals surface area contributed by atoms with E-state index in [2.05, 4.69) is 49.5 Å². The highest BCUT2D eigenvalue weighted by Gasteiger charge is 2.22. The largest absolute Gasteiger partial charge is 0.372 e. The van der Waals surface area contributed by atoms with E-state index in [1.807, 2.05) is 0 Å². The van der Waals surface area contributed by atoms with Gasteiger partial charge in [-0.05, 0) is 30.7 Å². The summed E-state index contributed by atoms with van der Waals surface area (Å²) in [5, 5.41) is 3.57. The predicted octanol–water partition coefficient (Wildman–Crippen LogP) is 3.54. The average Bonchev–Trinajstić information content (AvgIpc) is 3.18. The van der Waals surface area contributed by atoms with Crippen LogP contribution in [0.15, 0.2) is 30.3 Å². The molecule has 0 heterocycles. The van der Waals surface area contributed by atoms with Crippen molar-refractivity contribution in [3.05, 3.63) is 35.9 Å². The molecule has 1 aromatic carbocycles. The van der Waals surface area contributed by atoms with Crippen LogP contribution in [0, 0.1) is 5.92 Å². The first-order chi connectivity index (χ1) is 8.75. The fourth-order valence-corrected chi connectivity index (χ4v) is 1.95. The monoisotopic (exact) mass is 247 g/mol. The summed E-state index contributed by atoms with van der Waals surface area (Å²) in [7, 11) is 0. The zero-order valence-corrected chi connectivity index (χ0v) is 11.6. The quantitative estimate of drug-likeness (QED) is 0.758. The summed E-state index contributed by atoms with van der Waals surface area (Å²) in [6, 6.07) is 11.3. The first kappa shape index (κ1) is 13.6. The Morgan fingerprint density at radius 3 is 2.56 bits per heavy atom. The van der Waals surface area contributed by atoms with Crippen LogP contribution >= 0.6 is 0 Å². The summed E-state index contributed by atoms with van der Waals surface area (Å²) < 4.78 is 6.05. The third-order valence-corrected chi connectivity index (χ3v) is 3.35. The minimum Gasteiger partial charge on any atom is -0.372 e. The summed E-state index contributed by atoms with van der Waals surface area (Å²) >= 11 is 0. The molecule has 1 atom stereocenters. The van der Waals surface area contributed by atoms with Gasteiger partial charge in [0.2, 0.25) is 0 Å². The van der Waals surface area contributed by atoms with Gasteiger partial charge in [0.25, 0.3) is 0 Å². The van der Waals surface area contributed by atoms with Gasteiger partial charge in [0, 0.05) is 19.2 Å². The van der Waals surface area contributed by atoms with Crippen molar-refractivity contribution in [1.82, 2.24) is 5.32 Å². The molecule has 18 heavy (non-hydrogen) atoms. The van der Waals surface area contributed by atoms with Crippen molar-refractivity contribution in [2.75, 3.05) is 13.2 Å². The molecule has 2 heteroatoms. The second-order valence-electron chi connectivity index (χ2n) is 5.64. The lowest BCUT2D eigenvalue weighted by Gasteiger charge is -2.19. The maximum absolute atomic E-state index is 6.05. The summed E-state index contributed by atoms with van der Waals surface area (Å²) in [6.07, 6.45) is 3.99. The predicted molar refractivity (Wildman–Crippen MR) is 75.6 cm³/mol. The van der Waals surface area contributed by atoms with Gasteiger partial charge in [-0.25, -0.2) is 0 Å². The van der Waals surface area contributed by atoms with Gasteiger partial charge >= 0.3 is 0 Å². The molecule has 0 bridgehead atoms. The van der Waals surface area contributed by atoms with Crippen molar-refractivity contribution in [3.63, 3.8) is 0 Å². The average molecular weight is 247 g/mol. The van der Waals surface area contributed by atoms with Crippen LogP contribution in [0.25, 0.3) is 0 Å². The van der Waals surface area contributed by atoms with Crippen LogP contribution in [0.5, 0.6) is 0 Å². The Hall–Kier alpha value is -0.860. The summed E-state index contributed by atoms with van der Waals surface area (Å²) in [4.78, 5) is 0. The molecule has 1 aliphatic rings. The van der Waals surface area contributed by atoms with Crippen LogP contribution in [-0.4, -0.2) is 19.2 Å². The number of hydrogen-bond donors (Lipinski definition) is 1. The highest BCUT2D eigenvalue weighted by molar-refractivity contribution is 5.18. The van der Waals surface area contributed by atoms with Crippen molar-refractivity contribution >= 4 is 0 Å². The van der Waals surface area contributed by atoms with E-state index in [4.69, 9.17) is 4.74 Å². The van der Waals surface area contributed by atoms with Crippen molar-refractivity contribution < 1.29 is 4.74 Å². The molecule has 2 rings (SSSR count). The summed E-state index contributed by atoms with van der Waals surface area (Å²) in [6.45, 7) is 6.27. The van der Waals surface area contributed by atoms with E-state index in [1.165, 1.54) is 18.4 Å². The molecule has 0 spiro atoms. The highest BCUT2D eigenvalue weighted by Crippen LogP contribution is 2.22. The van der Waals surface area contributed by atoms with Crippen LogP contribution in [0.4, 0.5) is 0 Å². The molecule has 1 N–H and O–H groups in total. The molecule has 0 saturated heterocycles. The van der Waals surface area contributed by atoms with Gasteiger partial charge in [0.1, 0.15) is 0 Å². The van der Waals surface area contributed by atoms with Gasteiger partial charge in [-0.3, -0.25) is 0 Å². The van der Waals surface area contributed by atoms with Gasteiger partial charge < -0.3 is 10.1 Å². The van der Waals surface area contributed by atoms with E-state index in [0.717, 1.165) is 25.6 Å². The van der Waals surface area contributed by atoms with E-state index >= 15 is 0 Å². The van der Waals surface area contributed by atoms with E-state index in [9.17, 15) is 0 Å². The second-order valence-corrected chi connectivity index (χ2v) is 5.64. The van der Waals surface area contributed by atoms with E-state index in [-0.39, 0.29) is 6.10 Å². The number of hydrogen-bond acceptors (Lipinski definition) is 2. The molecule has 100 valence electrons. The highest BCUT2D eigenvalue weighted by atomic mass is 16.5. The third kappa shape index (κ3) is 4.79. The zero-order valence-electron chi connectivity index (χ0n) is 11.6. The van der Waals surface area contributed by atoms with Gasteiger partial charge in [0.05, 0.1) is 6.10 Å². The topological polar surface area (TPSA) is 21.3 Å². The molecule has 1 fully saturated rings. The first-order valence-corrected chi connectivity index (χ1v) is 7.15. The maximum atomic E-state index is 6.05. The third-order valence-electron chi connectivity index (χ3n) is 3.35. The molecule has 0 radical (unpaired) electrons. The molecular weight excluding hydrogens is 222 g/mol. The molecule has 1 aliphatic carbocycles. The summed E-state index contributed by atoms with van der Waals surface area (Å²) in [5.41, 5.74) is 1.29. The Bertz CT molecular complexity index is 332. The minimum atomic E-state index is 0.200. The van der Waals surface area contributed by atoms with Gasteiger partial charge in [0.15, 0.2) is 0 Å². The second kappa shape index (κ2) is 6.91. The molecule has 2 nitrogen and oxygen atoms in total. The number of ether oxygens (including phenoxy) is 1. The van der Waals surface area contributed by atoms with E-state index in [0.29, 0.717) is 5.92 Å². The van der Waals surface area contributed by atoms with Crippen molar-refractivity contribution in [2.24, 2.45) is 5.92 Å². The smallest absolute Gasteiger partial charge is 0.0949 e. The Labute approximate surface area is 111 Å². The van der Waals surface area contributed by atoms with Crippen molar-refractivity contribution in [1.29, 1.82) is 0 Å². The van der Waals surface area contributed by atoms with Crippen LogP contribution in [0.2, 0.25) is 0 Å². The SMILES string of the molecule is CC(C)CCOC(CNC1CC1)c1ccccc1. The Morgan fingerprint density at radius 1 is 1.22 bits per heavy atom. The van der Waals surface area contributed by atoms with E-state index in [1.54, 1.807) is 0 Å². The van der Waals surface area contributed by atoms with Crippen LogP contribution in [0.3, 0.4) is 0 Å². The van der Waals surface area contributed by atoms with Crippen LogP contribution in [0.1, 0.15) is 44.8 Å². The van der Waals surface area contributed by atoms with Gasteiger partial charge in [-0.1, -0.05) is 44.2 Å². The molecule has 1 saturated carbocycles. The zero-order chi connectivity index (χ0) is 12.8. The van der Waals surface area contributed by atoms with Crippen molar-refractivity contribution in [2.45, 2.75) is 45.3 Å². The fraction of sp³-hybridized carbons (Fsp3) is 0.625. The number of rotatable bonds is 8. The van der Waals surface area contributed by atoms with Gasteiger partial charge in [-0.2, -0.15) is 0 Å². The lowest BCUT2D eigenvalue weighted by molar-refractivity contribution is 0.0455. The Balaban J connectivity index is 1.84. The standard InChI is InChI=1S/C16H25NO/c1-13(2)10-11-18-16(12-17-15-8-9-15)14-6-4-3-5-7-14/h3-7,13,15-17H,8-12H2,1-2H3. The fourth-order valence-electron chi connectivity index (χ4n) is 1.95. The normalized spacial score (nSPS) is 17.1. The van der Waals surface area contributed by atoms with E-state index < -0.39 is 0 Å². The molecule has 0 amide bonds. The van der Waals surface area contributed by atoms with Crippen LogP contribution in [-0.2, 0) is 4.74 Å². The first-order valence-electron chi connectivity index (χ1n) is 7.15. The van der Waals surface area contributed by atoms with Gasteiger partial charge in [-0.15, -0.1) is 0 Å². The van der Waals surface area contributed by atoms with Crippen molar-refractivity contribution in [3.8, 4) is 0 Å². The Kier molecular flexibility index (Phi) is 5.21. The number of benzene rings is 1. The number of nitrogens with one attached hydrogen (secondary N) is 1. The lowest BCUT2D eigenvalue weighted by Crippen LogP contribution is -2.25. The van der Waals surface area contributed by atoms with Crippen LogP contribution < -0.4 is 5.32 Å². The maximum Gasteiger partial charge on any atom is 0.0949 e. The minimum absolute atomic E-state index is 0.200. The molecule has 1 aromatic rings. The Morgan fingerprint density at radius 2 is 1.94 bits per heavy atom. The molecule has 0 aliphatic heterocycles. The summed E-state index contributed by atoms with van der Waals surface area (Å²) in [5.74, 6) is 0.706.